The quantitative estimate of drug-likeness (QED) is 0.329. The molecule has 0 spiro atoms. The third kappa shape index (κ3) is 6.77. The molecule has 2 fully saturated rings. The lowest BCUT2D eigenvalue weighted by Gasteiger charge is -2.40. The molecular weight excluding hydrogens is 522 g/mol. The van der Waals surface area contributed by atoms with Crippen LogP contribution in [0.4, 0.5) is 4.39 Å². The molecule has 9 heteroatoms. The van der Waals surface area contributed by atoms with Crippen LogP contribution in [0, 0.1) is 5.82 Å². The highest BCUT2D eigenvalue weighted by Crippen LogP contribution is 2.18. The summed E-state index contributed by atoms with van der Waals surface area (Å²) < 4.78 is 13.3. The van der Waals surface area contributed by atoms with Crippen molar-refractivity contribution in [1.29, 1.82) is 0 Å². The standard InChI is InChI=1S/C23H37FN6O.HI/c1-18(22(31)29-11-5-6-12-29)28-13-15-30(16-14-28)23(25-2)26-17-21(27(3)4)19-7-9-20(24)10-8-19;/h7-10,18,21H,5-6,11-17H2,1-4H3,(H,25,26);1H. The van der Waals surface area contributed by atoms with Crippen LogP contribution >= 0.6 is 24.0 Å². The molecule has 1 amide bonds. The van der Waals surface area contributed by atoms with Gasteiger partial charge in [-0.25, -0.2) is 4.39 Å². The molecule has 1 N–H and O–H groups in total. The maximum absolute atomic E-state index is 13.3. The molecule has 3 rings (SSSR count). The molecule has 0 saturated carbocycles. The smallest absolute Gasteiger partial charge is 0.239 e. The van der Waals surface area contributed by atoms with Crippen LogP contribution in [-0.4, -0.2) is 104 Å². The number of piperazine rings is 1. The molecule has 2 saturated heterocycles. The first-order chi connectivity index (χ1) is 14.9. The highest BCUT2D eigenvalue weighted by Gasteiger charge is 2.30. The number of likely N-dealkylation sites (tertiary alicyclic amines) is 1. The molecular formula is C23H38FIN6O. The number of carbonyl (C=O) groups is 1. The SMILES string of the molecule is CN=C(NCC(c1ccc(F)cc1)N(C)C)N1CCN(C(C)C(=O)N2CCCC2)CC1.I. The molecule has 2 heterocycles. The number of nitrogens with zero attached hydrogens (tertiary/aromatic N) is 5. The van der Waals surface area contributed by atoms with E-state index in [0.717, 1.165) is 63.6 Å². The van der Waals surface area contributed by atoms with Crippen molar-refractivity contribution in [2.45, 2.75) is 31.8 Å². The molecule has 0 bridgehead atoms. The fraction of sp³-hybridized carbons (Fsp3) is 0.652. The Hall–Kier alpha value is -1.46. The van der Waals surface area contributed by atoms with E-state index in [1.807, 2.05) is 38.1 Å². The molecule has 2 unspecified atom stereocenters. The van der Waals surface area contributed by atoms with Crippen molar-refractivity contribution in [3.63, 3.8) is 0 Å². The maximum atomic E-state index is 13.3. The van der Waals surface area contributed by atoms with Crippen LogP contribution in [0.15, 0.2) is 29.3 Å². The van der Waals surface area contributed by atoms with Gasteiger partial charge in [0, 0.05) is 52.9 Å². The summed E-state index contributed by atoms with van der Waals surface area (Å²) in [6, 6.07) is 6.72. The van der Waals surface area contributed by atoms with Gasteiger partial charge in [0.25, 0.3) is 0 Å². The van der Waals surface area contributed by atoms with E-state index in [1.165, 1.54) is 12.1 Å². The minimum Gasteiger partial charge on any atom is -0.354 e. The molecule has 2 aliphatic rings. The summed E-state index contributed by atoms with van der Waals surface area (Å²) in [5.41, 5.74) is 1.06. The van der Waals surface area contributed by atoms with E-state index >= 15 is 0 Å². The summed E-state index contributed by atoms with van der Waals surface area (Å²) in [5, 5.41) is 3.49. The first kappa shape index (κ1) is 26.8. The molecule has 0 aliphatic carbocycles. The monoisotopic (exact) mass is 560 g/mol. The van der Waals surface area contributed by atoms with Crippen LogP contribution in [0.1, 0.15) is 31.4 Å². The summed E-state index contributed by atoms with van der Waals surface area (Å²) in [5.74, 6) is 0.911. The first-order valence-electron chi connectivity index (χ1n) is 11.3. The molecule has 1 aromatic rings. The minimum absolute atomic E-state index is 0. The Morgan fingerprint density at radius 2 is 1.66 bits per heavy atom. The summed E-state index contributed by atoms with van der Waals surface area (Å²) in [7, 11) is 5.85. The van der Waals surface area contributed by atoms with E-state index in [9.17, 15) is 9.18 Å². The topological polar surface area (TPSA) is 54.4 Å². The zero-order valence-corrected chi connectivity index (χ0v) is 22.1. The van der Waals surface area contributed by atoms with Crippen molar-refractivity contribution in [2.24, 2.45) is 4.99 Å². The number of hydrogen-bond donors (Lipinski definition) is 1. The van der Waals surface area contributed by atoms with Gasteiger partial charge in [0.1, 0.15) is 5.82 Å². The summed E-state index contributed by atoms with van der Waals surface area (Å²) in [4.78, 5) is 25.9. The van der Waals surface area contributed by atoms with Crippen molar-refractivity contribution in [1.82, 2.24) is 24.9 Å². The van der Waals surface area contributed by atoms with E-state index < -0.39 is 0 Å². The zero-order chi connectivity index (χ0) is 22.4. The van der Waals surface area contributed by atoms with E-state index in [-0.39, 0.29) is 47.8 Å². The van der Waals surface area contributed by atoms with Gasteiger partial charge in [0.05, 0.1) is 12.1 Å². The maximum Gasteiger partial charge on any atom is 0.239 e. The van der Waals surface area contributed by atoms with Gasteiger partial charge in [-0.05, 0) is 51.6 Å². The van der Waals surface area contributed by atoms with Gasteiger partial charge in [0.15, 0.2) is 5.96 Å². The average Bonchev–Trinajstić information content (AvgIpc) is 3.32. The van der Waals surface area contributed by atoms with Crippen LogP contribution in [0.25, 0.3) is 0 Å². The molecule has 2 aliphatic heterocycles. The van der Waals surface area contributed by atoms with E-state index in [2.05, 4.69) is 25.0 Å². The second kappa shape index (κ2) is 12.7. The van der Waals surface area contributed by atoms with Crippen LogP contribution < -0.4 is 5.32 Å². The minimum atomic E-state index is -0.222. The van der Waals surface area contributed by atoms with E-state index in [4.69, 9.17) is 0 Å². The number of benzene rings is 1. The number of halogens is 2. The Bertz CT molecular complexity index is 745. The second-order valence-corrected chi connectivity index (χ2v) is 8.69. The highest BCUT2D eigenvalue weighted by atomic mass is 127. The lowest BCUT2D eigenvalue weighted by molar-refractivity contribution is -0.135. The molecule has 0 radical (unpaired) electrons. The third-order valence-corrected chi connectivity index (χ3v) is 6.48. The first-order valence-corrected chi connectivity index (χ1v) is 11.3. The number of carbonyl (C=O) groups excluding carboxylic acids is 1. The van der Waals surface area contributed by atoms with Crippen molar-refractivity contribution in [3.05, 3.63) is 35.6 Å². The van der Waals surface area contributed by atoms with Gasteiger partial charge < -0.3 is 20.0 Å². The highest BCUT2D eigenvalue weighted by molar-refractivity contribution is 14.0. The third-order valence-electron chi connectivity index (χ3n) is 6.48. The van der Waals surface area contributed by atoms with Gasteiger partial charge in [-0.3, -0.25) is 14.7 Å². The molecule has 1 aromatic carbocycles. The van der Waals surface area contributed by atoms with Crippen molar-refractivity contribution in [2.75, 3.05) is 67.0 Å². The fourth-order valence-electron chi connectivity index (χ4n) is 4.48. The molecule has 7 nitrogen and oxygen atoms in total. The normalized spacial score (nSPS) is 19.6. The van der Waals surface area contributed by atoms with Gasteiger partial charge in [-0.1, -0.05) is 12.1 Å². The fourth-order valence-corrected chi connectivity index (χ4v) is 4.48. The van der Waals surface area contributed by atoms with Crippen LogP contribution in [0.2, 0.25) is 0 Å². The number of likely N-dealkylation sites (N-methyl/N-ethyl adjacent to an activating group) is 1. The largest absolute Gasteiger partial charge is 0.354 e. The Morgan fingerprint density at radius 1 is 1.06 bits per heavy atom. The number of aliphatic imine (C=N–C) groups is 1. The number of nitrogens with one attached hydrogen (secondary N) is 1. The lowest BCUT2D eigenvalue weighted by atomic mass is 10.1. The van der Waals surface area contributed by atoms with E-state index in [0.29, 0.717) is 6.54 Å². The van der Waals surface area contributed by atoms with Crippen LogP contribution in [0.5, 0.6) is 0 Å². The van der Waals surface area contributed by atoms with Crippen LogP contribution in [-0.2, 0) is 4.79 Å². The van der Waals surface area contributed by atoms with Gasteiger partial charge in [-0.2, -0.15) is 0 Å². The van der Waals surface area contributed by atoms with Gasteiger partial charge in [-0.15, -0.1) is 24.0 Å². The molecule has 32 heavy (non-hydrogen) atoms. The number of amides is 1. The second-order valence-electron chi connectivity index (χ2n) is 8.69. The Morgan fingerprint density at radius 3 is 2.19 bits per heavy atom. The van der Waals surface area contributed by atoms with Crippen molar-refractivity contribution >= 4 is 35.8 Å². The summed E-state index contributed by atoms with van der Waals surface area (Å²) in [6.45, 7) is 7.87. The van der Waals surface area contributed by atoms with Crippen molar-refractivity contribution in [3.8, 4) is 0 Å². The van der Waals surface area contributed by atoms with Crippen molar-refractivity contribution < 1.29 is 9.18 Å². The van der Waals surface area contributed by atoms with Crippen LogP contribution in [0.3, 0.4) is 0 Å². The predicted octanol–water partition coefficient (Wildman–Crippen LogP) is 2.25. The summed E-state index contributed by atoms with van der Waals surface area (Å²) >= 11 is 0. The average molecular weight is 561 g/mol. The molecule has 180 valence electrons. The Balaban J connectivity index is 0.00000363. The molecule has 0 aromatic heterocycles. The van der Waals surface area contributed by atoms with Gasteiger partial charge >= 0.3 is 0 Å². The van der Waals surface area contributed by atoms with E-state index in [1.54, 1.807) is 7.05 Å². The Kier molecular flexibility index (Phi) is 10.6. The predicted molar refractivity (Wildman–Crippen MR) is 138 cm³/mol. The number of hydrogen-bond acceptors (Lipinski definition) is 4. The number of rotatable bonds is 6. The summed E-state index contributed by atoms with van der Waals surface area (Å²) in [6.07, 6.45) is 2.25. The lowest BCUT2D eigenvalue weighted by Crippen LogP contribution is -2.57. The Labute approximate surface area is 209 Å². The number of guanidine groups is 1. The zero-order valence-electron chi connectivity index (χ0n) is 19.8. The molecule has 2 atom stereocenters. The van der Waals surface area contributed by atoms with Gasteiger partial charge in [0.2, 0.25) is 5.91 Å².